The molecule has 1 aromatic carbocycles. The van der Waals surface area contributed by atoms with E-state index in [-0.39, 0.29) is 5.56 Å². The predicted octanol–water partition coefficient (Wildman–Crippen LogP) is 1.48. The molecule has 2 aromatic rings. The SMILES string of the molecule is Cn1cc[n+](C)c1[B-][C@H](c1ccccc1)C(F)(F)F. The van der Waals surface area contributed by atoms with E-state index in [0.717, 1.165) is 0 Å². The topological polar surface area (TPSA) is 8.81 Å². The molecule has 1 heterocycles. The van der Waals surface area contributed by atoms with Crippen LogP contribution in [0.1, 0.15) is 11.4 Å². The van der Waals surface area contributed by atoms with Crippen molar-refractivity contribution in [1.82, 2.24) is 4.57 Å². The number of imidazole rings is 1. The van der Waals surface area contributed by atoms with E-state index < -0.39 is 12.0 Å². The number of halogens is 3. The lowest BCUT2D eigenvalue weighted by Gasteiger charge is -2.29. The van der Waals surface area contributed by atoms with Crippen LogP contribution >= 0.6 is 0 Å². The van der Waals surface area contributed by atoms with Crippen LogP contribution in [0.5, 0.6) is 0 Å². The summed E-state index contributed by atoms with van der Waals surface area (Å²) in [4.78, 5) is 0. The quantitative estimate of drug-likeness (QED) is 0.588. The maximum absolute atomic E-state index is 13.2. The average molecular weight is 266 g/mol. The molecule has 0 fully saturated rings. The number of rotatable bonds is 3. The first kappa shape index (κ1) is 13.7. The summed E-state index contributed by atoms with van der Waals surface area (Å²) in [5, 5.41) is 0. The summed E-state index contributed by atoms with van der Waals surface area (Å²) in [5.41, 5.74) is 0.766. The Bertz CT molecular complexity index is 529. The van der Waals surface area contributed by atoms with Crippen LogP contribution < -0.4 is 10.3 Å². The fourth-order valence-electron chi connectivity index (χ4n) is 2.03. The summed E-state index contributed by atoms with van der Waals surface area (Å²) >= 11 is 0. The van der Waals surface area contributed by atoms with E-state index in [1.807, 2.05) is 0 Å². The highest BCUT2D eigenvalue weighted by Crippen LogP contribution is 2.33. The maximum Gasteiger partial charge on any atom is 0.360 e. The number of nitrogens with zero attached hydrogens (tertiary/aromatic N) is 2. The smallest absolute Gasteiger partial charge is 0.280 e. The van der Waals surface area contributed by atoms with Gasteiger partial charge >= 0.3 is 6.18 Å². The Balaban J connectivity index is 2.36. The Hall–Kier alpha value is -1.72. The van der Waals surface area contributed by atoms with E-state index in [4.69, 9.17) is 0 Å². The van der Waals surface area contributed by atoms with Gasteiger partial charge in [0.05, 0.1) is 14.1 Å². The number of aromatic nitrogens is 2. The van der Waals surface area contributed by atoms with Gasteiger partial charge in [-0.15, -0.1) is 0 Å². The van der Waals surface area contributed by atoms with Crippen molar-refractivity contribution in [1.29, 1.82) is 0 Å². The van der Waals surface area contributed by atoms with Crippen molar-refractivity contribution in [2.24, 2.45) is 14.1 Å². The molecule has 2 rings (SSSR count). The van der Waals surface area contributed by atoms with Gasteiger partial charge < -0.3 is 0 Å². The lowest BCUT2D eigenvalue weighted by molar-refractivity contribution is -0.653. The predicted molar refractivity (Wildman–Crippen MR) is 67.2 cm³/mol. The number of alkyl halides is 3. The van der Waals surface area contributed by atoms with Crippen molar-refractivity contribution in [2.75, 3.05) is 0 Å². The van der Waals surface area contributed by atoms with Gasteiger partial charge in [-0.1, -0.05) is 41.7 Å². The maximum atomic E-state index is 13.2. The molecule has 100 valence electrons. The van der Waals surface area contributed by atoms with Gasteiger partial charge in [-0.25, -0.2) is 0 Å². The zero-order valence-corrected chi connectivity index (χ0v) is 10.7. The zero-order valence-electron chi connectivity index (χ0n) is 10.7. The van der Waals surface area contributed by atoms with Gasteiger partial charge in [-0.3, -0.25) is 9.13 Å². The molecule has 0 aliphatic heterocycles. The van der Waals surface area contributed by atoms with Gasteiger partial charge in [0.1, 0.15) is 12.4 Å². The highest BCUT2D eigenvalue weighted by molar-refractivity contribution is 6.52. The third kappa shape index (κ3) is 3.00. The molecule has 0 aliphatic carbocycles. The molecule has 0 aliphatic rings. The van der Waals surface area contributed by atoms with Crippen LogP contribution in [0.3, 0.4) is 0 Å². The Kier molecular flexibility index (Phi) is 3.69. The van der Waals surface area contributed by atoms with Crippen LogP contribution in [0.25, 0.3) is 0 Å². The highest BCUT2D eigenvalue weighted by atomic mass is 19.4. The largest absolute Gasteiger partial charge is 0.360 e. The van der Waals surface area contributed by atoms with Crippen molar-refractivity contribution >= 4 is 13.0 Å². The molecule has 1 aromatic heterocycles. The van der Waals surface area contributed by atoms with Crippen LogP contribution in [0, 0.1) is 0 Å². The zero-order chi connectivity index (χ0) is 14.0. The Morgan fingerprint density at radius 3 is 2.32 bits per heavy atom. The van der Waals surface area contributed by atoms with E-state index in [1.165, 1.54) is 19.4 Å². The standard InChI is InChI=1S/C13H14BF3N2/c1-18-8-9-19(2)12(18)14-11(13(15,16)17)10-6-4-3-5-7-10/h3-9,11H,1-2H3/t11-/m1/s1. The van der Waals surface area contributed by atoms with Gasteiger partial charge in [0.25, 0.3) is 0 Å². The molecular weight excluding hydrogens is 252 g/mol. The fourth-order valence-corrected chi connectivity index (χ4v) is 2.03. The number of hydrogen-bond donors (Lipinski definition) is 0. The summed E-state index contributed by atoms with van der Waals surface area (Å²) in [6.07, 6.45) is -0.854. The minimum atomic E-state index is -4.31. The summed E-state index contributed by atoms with van der Waals surface area (Å²) < 4.78 is 43.0. The van der Waals surface area contributed by atoms with Crippen molar-refractivity contribution in [2.45, 2.75) is 12.0 Å². The molecule has 0 unspecified atom stereocenters. The van der Waals surface area contributed by atoms with Gasteiger partial charge in [0.15, 0.2) is 0 Å². The number of hydrogen-bond acceptors (Lipinski definition) is 0. The Morgan fingerprint density at radius 2 is 1.84 bits per heavy atom. The van der Waals surface area contributed by atoms with Crippen LogP contribution in [-0.2, 0) is 14.1 Å². The monoisotopic (exact) mass is 266 g/mol. The molecule has 1 atom stereocenters. The summed E-state index contributed by atoms with van der Waals surface area (Å²) in [7, 11) is 4.70. The van der Waals surface area contributed by atoms with Crippen LogP contribution in [-0.4, -0.2) is 18.0 Å². The van der Waals surface area contributed by atoms with Gasteiger partial charge in [-0.2, -0.15) is 20.5 Å². The molecule has 2 nitrogen and oxygen atoms in total. The average Bonchev–Trinajstić information content (AvgIpc) is 2.66. The van der Waals surface area contributed by atoms with Gasteiger partial charge in [0.2, 0.25) is 0 Å². The van der Waals surface area contributed by atoms with E-state index in [2.05, 4.69) is 0 Å². The van der Waals surface area contributed by atoms with Crippen LogP contribution in [0.4, 0.5) is 13.2 Å². The van der Waals surface area contributed by atoms with Crippen molar-refractivity contribution in [3.63, 3.8) is 0 Å². The normalized spacial score (nSPS) is 13.5. The minimum Gasteiger partial charge on any atom is -0.280 e. The highest BCUT2D eigenvalue weighted by Gasteiger charge is 2.33. The number of aryl methyl sites for hydroxylation is 2. The van der Waals surface area contributed by atoms with Gasteiger partial charge in [-0.05, 0) is 0 Å². The minimum absolute atomic E-state index is 0.246. The third-order valence-electron chi connectivity index (χ3n) is 3.06. The lowest BCUT2D eigenvalue weighted by atomic mass is 9.60. The van der Waals surface area contributed by atoms with Gasteiger partial charge in [0, 0.05) is 5.72 Å². The van der Waals surface area contributed by atoms with E-state index in [0.29, 0.717) is 5.72 Å². The summed E-state index contributed by atoms with van der Waals surface area (Å²) in [5.74, 6) is -1.60. The van der Waals surface area contributed by atoms with Crippen molar-refractivity contribution in [3.8, 4) is 0 Å². The first-order chi connectivity index (χ1) is 8.89. The van der Waals surface area contributed by atoms with Crippen LogP contribution in [0.15, 0.2) is 42.7 Å². The summed E-state index contributed by atoms with van der Waals surface area (Å²) in [6.45, 7) is 0. The Morgan fingerprint density at radius 1 is 1.21 bits per heavy atom. The fraction of sp³-hybridized carbons (Fsp3) is 0.308. The first-order valence-corrected chi connectivity index (χ1v) is 5.87. The molecule has 0 saturated heterocycles. The molecule has 0 saturated carbocycles. The second-order valence-electron chi connectivity index (χ2n) is 4.47. The molecule has 2 radical (unpaired) electrons. The molecule has 0 N–H and O–H groups in total. The first-order valence-electron chi connectivity index (χ1n) is 5.87. The molecule has 0 spiro atoms. The third-order valence-corrected chi connectivity index (χ3v) is 3.06. The summed E-state index contributed by atoms with van der Waals surface area (Å²) in [6, 6.07) is 7.94. The van der Waals surface area contributed by atoms with E-state index in [1.54, 1.807) is 53.8 Å². The molecule has 0 amide bonds. The molecule has 6 heteroatoms. The molecule has 19 heavy (non-hydrogen) atoms. The van der Waals surface area contributed by atoms with Crippen molar-refractivity contribution in [3.05, 3.63) is 48.3 Å². The lowest BCUT2D eigenvalue weighted by Crippen LogP contribution is -2.52. The van der Waals surface area contributed by atoms with E-state index in [9.17, 15) is 13.2 Å². The second-order valence-corrected chi connectivity index (χ2v) is 4.47. The van der Waals surface area contributed by atoms with E-state index >= 15 is 0 Å². The Labute approximate surface area is 110 Å². The van der Waals surface area contributed by atoms with Crippen molar-refractivity contribution < 1.29 is 17.7 Å². The van der Waals surface area contributed by atoms with Crippen LogP contribution in [0.2, 0.25) is 0 Å². The molecular formula is C13H14BF3N2. The molecule has 0 bridgehead atoms. The number of benzene rings is 1. The second kappa shape index (κ2) is 5.11.